The molecule has 0 saturated carbocycles. The van der Waals surface area contributed by atoms with E-state index in [0.29, 0.717) is 12.2 Å². The number of aromatic hydroxyl groups is 1. The van der Waals surface area contributed by atoms with Gasteiger partial charge in [0, 0.05) is 6.04 Å². The molecule has 0 saturated heterocycles. The van der Waals surface area contributed by atoms with Crippen molar-refractivity contribution in [2.24, 2.45) is 5.73 Å². The Kier molecular flexibility index (Phi) is 3.58. The first-order valence-corrected chi connectivity index (χ1v) is 5.09. The highest BCUT2D eigenvalue weighted by atomic mass is 16.5. The Morgan fingerprint density at radius 3 is 2.47 bits per heavy atom. The molecule has 3 nitrogen and oxygen atoms in total. The van der Waals surface area contributed by atoms with Crippen LogP contribution in [0.5, 0.6) is 11.5 Å². The second-order valence-electron chi connectivity index (χ2n) is 4.02. The maximum atomic E-state index is 9.94. The molecule has 0 spiro atoms. The topological polar surface area (TPSA) is 55.5 Å². The largest absolute Gasteiger partial charge is 0.507 e. The van der Waals surface area contributed by atoms with Gasteiger partial charge in [-0.25, -0.2) is 0 Å². The summed E-state index contributed by atoms with van der Waals surface area (Å²) in [6, 6.07) is 1.89. The molecule has 0 aliphatic heterocycles. The zero-order chi connectivity index (χ0) is 11.6. The van der Waals surface area contributed by atoms with Gasteiger partial charge in [-0.1, -0.05) is 0 Å². The molecule has 1 unspecified atom stereocenters. The van der Waals surface area contributed by atoms with E-state index in [1.54, 1.807) is 7.11 Å². The zero-order valence-electron chi connectivity index (χ0n) is 9.79. The number of phenolic OH excluding ortho intramolecular Hbond substituents is 1. The van der Waals surface area contributed by atoms with E-state index in [9.17, 15) is 5.11 Å². The molecule has 0 heterocycles. The number of nitrogens with two attached hydrogens (primary N) is 1. The van der Waals surface area contributed by atoms with Crippen molar-refractivity contribution in [3.8, 4) is 11.5 Å². The minimum absolute atomic E-state index is 0.0303. The van der Waals surface area contributed by atoms with Gasteiger partial charge in [0.2, 0.25) is 0 Å². The highest BCUT2D eigenvalue weighted by Crippen LogP contribution is 2.32. The summed E-state index contributed by atoms with van der Waals surface area (Å²) >= 11 is 0. The minimum atomic E-state index is 0.0303. The number of ether oxygens (including phenoxy) is 1. The summed E-state index contributed by atoms with van der Waals surface area (Å²) in [4.78, 5) is 0. The van der Waals surface area contributed by atoms with Gasteiger partial charge in [-0.2, -0.15) is 0 Å². The van der Waals surface area contributed by atoms with Gasteiger partial charge in [0.05, 0.1) is 7.11 Å². The molecular weight excluding hydrogens is 190 g/mol. The van der Waals surface area contributed by atoms with Crippen molar-refractivity contribution in [2.45, 2.75) is 33.2 Å². The lowest BCUT2D eigenvalue weighted by Gasteiger charge is -2.15. The maximum absolute atomic E-state index is 9.94. The standard InChI is InChI=1S/C12H19NO2/c1-7(13)5-10-6-11(15-4)8(2)9(3)12(10)14/h6-7,14H,5,13H2,1-4H3. The fourth-order valence-corrected chi connectivity index (χ4v) is 1.65. The predicted molar refractivity (Wildman–Crippen MR) is 61.5 cm³/mol. The van der Waals surface area contributed by atoms with Gasteiger partial charge in [-0.05, 0) is 49.9 Å². The Bertz CT molecular complexity index is 359. The maximum Gasteiger partial charge on any atom is 0.122 e. The normalized spacial score (nSPS) is 12.6. The van der Waals surface area contributed by atoms with Crippen molar-refractivity contribution >= 4 is 0 Å². The van der Waals surface area contributed by atoms with Crippen molar-refractivity contribution in [2.75, 3.05) is 7.11 Å². The van der Waals surface area contributed by atoms with Crippen LogP contribution < -0.4 is 10.5 Å². The third-order valence-electron chi connectivity index (χ3n) is 2.66. The van der Waals surface area contributed by atoms with Crippen LogP contribution in [-0.2, 0) is 6.42 Å². The van der Waals surface area contributed by atoms with Crippen LogP contribution in [0.25, 0.3) is 0 Å². The summed E-state index contributed by atoms with van der Waals surface area (Å²) in [5.74, 6) is 1.14. The molecule has 15 heavy (non-hydrogen) atoms. The van der Waals surface area contributed by atoms with Crippen molar-refractivity contribution in [1.29, 1.82) is 0 Å². The van der Waals surface area contributed by atoms with Crippen LogP contribution in [0.4, 0.5) is 0 Å². The molecule has 3 heteroatoms. The molecule has 0 aliphatic rings. The van der Waals surface area contributed by atoms with Gasteiger partial charge in [0.15, 0.2) is 0 Å². The number of benzene rings is 1. The van der Waals surface area contributed by atoms with E-state index in [1.165, 1.54) is 0 Å². The molecule has 1 rings (SSSR count). The van der Waals surface area contributed by atoms with Crippen LogP contribution >= 0.6 is 0 Å². The van der Waals surface area contributed by atoms with Crippen molar-refractivity contribution in [3.63, 3.8) is 0 Å². The molecule has 1 atom stereocenters. The van der Waals surface area contributed by atoms with Gasteiger partial charge in [0.1, 0.15) is 11.5 Å². The first-order valence-electron chi connectivity index (χ1n) is 5.09. The molecular formula is C12H19NO2. The second-order valence-corrected chi connectivity index (χ2v) is 4.02. The van der Waals surface area contributed by atoms with E-state index < -0.39 is 0 Å². The summed E-state index contributed by atoms with van der Waals surface area (Å²) < 4.78 is 5.25. The van der Waals surface area contributed by atoms with Crippen molar-refractivity contribution in [1.82, 2.24) is 0 Å². The van der Waals surface area contributed by atoms with Crippen LogP contribution in [0.3, 0.4) is 0 Å². The third kappa shape index (κ3) is 2.42. The number of hydrogen-bond donors (Lipinski definition) is 2. The average Bonchev–Trinajstić information content (AvgIpc) is 2.18. The van der Waals surface area contributed by atoms with Gasteiger partial charge >= 0.3 is 0 Å². The fraction of sp³-hybridized carbons (Fsp3) is 0.500. The number of rotatable bonds is 3. The van der Waals surface area contributed by atoms with E-state index in [2.05, 4.69) is 0 Å². The minimum Gasteiger partial charge on any atom is -0.507 e. The zero-order valence-corrected chi connectivity index (χ0v) is 9.79. The van der Waals surface area contributed by atoms with E-state index in [0.717, 1.165) is 22.4 Å². The first kappa shape index (κ1) is 11.9. The molecule has 0 amide bonds. The molecule has 84 valence electrons. The third-order valence-corrected chi connectivity index (χ3v) is 2.66. The molecule has 1 aromatic carbocycles. The van der Waals surface area contributed by atoms with Crippen LogP contribution in [0.15, 0.2) is 6.07 Å². The summed E-state index contributed by atoms with van der Waals surface area (Å²) in [7, 11) is 1.63. The van der Waals surface area contributed by atoms with E-state index in [1.807, 2.05) is 26.8 Å². The number of hydrogen-bond acceptors (Lipinski definition) is 3. The van der Waals surface area contributed by atoms with E-state index in [-0.39, 0.29) is 6.04 Å². The Labute approximate surface area is 90.9 Å². The monoisotopic (exact) mass is 209 g/mol. The highest BCUT2D eigenvalue weighted by molar-refractivity contribution is 5.52. The quantitative estimate of drug-likeness (QED) is 0.799. The lowest BCUT2D eigenvalue weighted by atomic mass is 9.99. The molecule has 1 aromatic rings. The molecule has 0 aromatic heterocycles. The molecule has 0 bridgehead atoms. The van der Waals surface area contributed by atoms with Crippen LogP contribution in [0.2, 0.25) is 0 Å². The van der Waals surface area contributed by atoms with Crippen LogP contribution in [0, 0.1) is 13.8 Å². The highest BCUT2D eigenvalue weighted by Gasteiger charge is 2.13. The summed E-state index contributed by atoms with van der Waals surface area (Å²) in [6.07, 6.45) is 0.656. The molecule has 0 aliphatic carbocycles. The number of phenols is 1. The average molecular weight is 209 g/mol. The summed E-state index contributed by atoms with van der Waals surface area (Å²) in [5.41, 5.74) is 8.41. The molecule has 3 N–H and O–H groups in total. The summed E-state index contributed by atoms with van der Waals surface area (Å²) in [6.45, 7) is 5.74. The second kappa shape index (κ2) is 4.53. The smallest absolute Gasteiger partial charge is 0.122 e. The number of methoxy groups -OCH3 is 1. The summed E-state index contributed by atoms with van der Waals surface area (Å²) in [5, 5.41) is 9.94. The lowest BCUT2D eigenvalue weighted by Crippen LogP contribution is -2.18. The van der Waals surface area contributed by atoms with Crippen molar-refractivity contribution < 1.29 is 9.84 Å². The Hall–Kier alpha value is -1.22. The fourth-order valence-electron chi connectivity index (χ4n) is 1.65. The SMILES string of the molecule is COc1cc(CC(C)N)c(O)c(C)c1C. The van der Waals surface area contributed by atoms with Crippen LogP contribution in [0.1, 0.15) is 23.6 Å². The van der Waals surface area contributed by atoms with E-state index >= 15 is 0 Å². The van der Waals surface area contributed by atoms with Gasteiger partial charge in [0.25, 0.3) is 0 Å². The Morgan fingerprint density at radius 1 is 1.40 bits per heavy atom. The lowest BCUT2D eigenvalue weighted by molar-refractivity contribution is 0.405. The Morgan fingerprint density at radius 2 is 2.00 bits per heavy atom. The predicted octanol–water partition coefficient (Wildman–Crippen LogP) is 1.91. The Balaban J connectivity index is 3.22. The van der Waals surface area contributed by atoms with Crippen LogP contribution in [-0.4, -0.2) is 18.3 Å². The molecule has 0 fully saturated rings. The van der Waals surface area contributed by atoms with E-state index in [4.69, 9.17) is 10.5 Å². The van der Waals surface area contributed by atoms with Gasteiger partial charge in [-0.3, -0.25) is 0 Å². The van der Waals surface area contributed by atoms with Gasteiger partial charge < -0.3 is 15.6 Å². The first-order chi connectivity index (χ1) is 6.97. The van der Waals surface area contributed by atoms with Gasteiger partial charge in [-0.15, -0.1) is 0 Å². The molecule has 0 radical (unpaired) electrons. The van der Waals surface area contributed by atoms with Crippen molar-refractivity contribution in [3.05, 3.63) is 22.8 Å².